The molecule has 0 atom stereocenters. The van der Waals surface area contributed by atoms with E-state index in [2.05, 4.69) is 0 Å². The highest BCUT2D eigenvalue weighted by atomic mass is 32.2. The predicted molar refractivity (Wildman–Crippen MR) is 118 cm³/mol. The third-order valence-corrected chi connectivity index (χ3v) is 5.69. The number of hydrogen-bond acceptors (Lipinski definition) is 6. The summed E-state index contributed by atoms with van der Waals surface area (Å²) in [6.07, 6.45) is 1.79. The molecule has 1 saturated heterocycles. The Kier molecular flexibility index (Phi) is 5.96. The fourth-order valence-electron chi connectivity index (χ4n) is 2.97. The molecule has 146 valence electrons. The monoisotopic (exact) mass is 415 g/mol. The van der Waals surface area contributed by atoms with Gasteiger partial charge < -0.3 is 14.2 Å². The van der Waals surface area contributed by atoms with Crippen molar-refractivity contribution in [1.29, 1.82) is 0 Å². The normalized spacial score (nSPS) is 15.3. The topological polar surface area (TPSA) is 48.0 Å². The first-order chi connectivity index (χ1) is 13.4. The molecule has 1 fully saturated rings. The lowest BCUT2D eigenvalue weighted by Crippen LogP contribution is -2.28. The first kappa shape index (κ1) is 20.2. The molecule has 7 heteroatoms. The van der Waals surface area contributed by atoms with Crippen molar-refractivity contribution in [2.45, 2.75) is 13.8 Å². The number of nitrogens with zero attached hydrogens (tertiary/aromatic N) is 1. The van der Waals surface area contributed by atoms with Crippen molar-refractivity contribution in [2.75, 3.05) is 26.2 Å². The molecule has 1 aliphatic heterocycles. The van der Waals surface area contributed by atoms with Crippen molar-refractivity contribution in [1.82, 2.24) is 0 Å². The summed E-state index contributed by atoms with van der Waals surface area (Å²) in [4.78, 5) is 15.2. The molecule has 0 saturated carbocycles. The van der Waals surface area contributed by atoms with E-state index in [0.29, 0.717) is 26.5 Å². The first-order valence-electron chi connectivity index (χ1n) is 8.54. The van der Waals surface area contributed by atoms with E-state index in [0.717, 1.165) is 22.4 Å². The predicted octanol–water partition coefficient (Wildman–Crippen LogP) is 4.74. The highest BCUT2D eigenvalue weighted by Crippen LogP contribution is 2.41. The summed E-state index contributed by atoms with van der Waals surface area (Å²) < 4.78 is 16.6. The highest BCUT2D eigenvalue weighted by Gasteiger charge is 2.34. The van der Waals surface area contributed by atoms with Gasteiger partial charge in [-0.25, -0.2) is 0 Å². The van der Waals surface area contributed by atoms with Crippen LogP contribution in [0.25, 0.3) is 6.08 Å². The molecule has 3 rings (SSSR count). The smallest absolute Gasteiger partial charge is 0.270 e. The van der Waals surface area contributed by atoms with Crippen LogP contribution < -0.4 is 19.1 Å². The Balaban J connectivity index is 2.01. The second kappa shape index (κ2) is 8.24. The molecular formula is C21H21NO4S2. The van der Waals surface area contributed by atoms with Crippen molar-refractivity contribution in [2.24, 2.45) is 0 Å². The minimum absolute atomic E-state index is 0.141. The Labute approximate surface area is 174 Å². The summed E-state index contributed by atoms with van der Waals surface area (Å²) in [5.41, 5.74) is 3.64. The largest absolute Gasteiger partial charge is 0.493 e. The molecule has 2 aromatic carbocycles. The number of thioether (sulfide) groups is 1. The lowest BCUT2D eigenvalue weighted by molar-refractivity contribution is -0.113. The number of thiocarbonyl (C=S) groups is 1. The Bertz CT molecular complexity index is 959. The van der Waals surface area contributed by atoms with Crippen LogP contribution in [0.1, 0.15) is 16.7 Å². The van der Waals surface area contributed by atoms with Gasteiger partial charge in [0.25, 0.3) is 5.91 Å². The first-order valence-corrected chi connectivity index (χ1v) is 9.77. The van der Waals surface area contributed by atoms with Gasteiger partial charge in [-0.3, -0.25) is 9.69 Å². The van der Waals surface area contributed by atoms with Gasteiger partial charge in [0.2, 0.25) is 5.75 Å². The number of carbonyl (C=O) groups excluding carboxylic acids is 1. The molecule has 28 heavy (non-hydrogen) atoms. The molecule has 0 N–H and O–H groups in total. The molecule has 0 radical (unpaired) electrons. The van der Waals surface area contributed by atoms with Gasteiger partial charge in [-0.2, -0.15) is 0 Å². The van der Waals surface area contributed by atoms with E-state index >= 15 is 0 Å². The molecule has 0 aromatic heterocycles. The van der Waals surface area contributed by atoms with Gasteiger partial charge in [-0.05, 0) is 54.8 Å². The SMILES string of the molecule is COc1cc(C=C2SC(=S)N(c3cc(C)ccc3C)C2=O)cc(OC)c1OC. The van der Waals surface area contributed by atoms with Crippen LogP contribution in [0.15, 0.2) is 35.2 Å². The maximum absolute atomic E-state index is 13.1. The summed E-state index contributed by atoms with van der Waals surface area (Å²) in [7, 11) is 4.66. The van der Waals surface area contributed by atoms with Crippen molar-refractivity contribution in [3.63, 3.8) is 0 Å². The molecule has 0 aliphatic carbocycles. The zero-order valence-electron chi connectivity index (χ0n) is 16.4. The molecular weight excluding hydrogens is 394 g/mol. The molecule has 2 aromatic rings. The molecule has 0 spiro atoms. The van der Waals surface area contributed by atoms with E-state index in [1.54, 1.807) is 44.4 Å². The zero-order valence-corrected chi connectivity index (χ0v) is 18.0. The van der Waals surface area contributed by atoms with Crippen molar-refractivity contribution >= 4 is 46.0 Å². The average Bonchev–Trinajstić information content (AvgIpc) is 2.96. The summed E-state index contributed by atoms with van der Waals surface area (Å²) in [5.74, 6) is 1.42. The Morgan fingerprint density at radius 1 is 1.00 bits per heavy atom. The van der Waals surface area contributed by atoms with Crippen LogP contribution in [0, 0.1) is 13.8 Å². The van der Waals surface area contributed by atoms with E-state index in [4.69, 9.17) is 26.4 Å². The van der Waals surface area contributed by atoms with Crippen LogP contribution in [0.2, 0.25) is 0 Å². The number of anilines is 1. The van der Waals surface area contributed by atoms with E-state index in [1.807, 2.05) is 32.0 Å². The highest BCUT2D eigenvalue weighted by molar-refractivity contribution is 8.27. The quantitative estimate of drug-likeness (QED) is 0.520. The van der Waals surface area contributed by atoms with Crippen LogP contribution in [-0.2, 0) is 4.79 Å². The Morgan fingerprint density at radius 2 is 1.64 bits per heavy atom. The van der Waals surface area contributed by atoms with Crippen molar-refractivity contribution < 1.29 is 19.0 Å². The van der Waals surface area contributed by atoms with Gasteiger partial charge in [-0.15, -0.1) is 0 Å². The van der Waals surface area contributed by atoms with Gasteiger partial charge in [0, 0.05) is 0 Å². The molecule has 1 amide bonds. The lowest BCUT2D eigenvalue weighted by Gasteiger charge is -2.17. The number of carbonyl (C=O) groups is 1. The van der Waals surface area contributed by atoms with Crippen LogP contribution >= 0.6 is 24.0 Å². The fraction of sp³-hybridized carbons (Fsp3) is 0.238. The van der Waals surface area contributed by atoms with E-state index in [-0.39, 0.29) is 5.91 Å². The second-order valence-corrected chi connectivity index (χ2v) is 7.94. The number of hydrogen-bond donors (Lipinski definition) is 0. The average molecular weight is 416 g/mol. The molecule has 0 bridgehead atoms. The van der Waals surface area contributed by atoms with Crippen molar-refractivity contribution in [3.05, 3.63) is 51.9 Å². The van der Waals surface area contributed by atoms with Crippen LogP contribution in [0.4, 0.5) is 5.69 Å². The number of benzene rings is 2. The number of aryl methyl sites for hydroxylation is 2. The van der Waals surface area contributed by atoms with Crippen LogP contribution in [0.5, 0.6) is 17.2 Å². The van der Waals surface area contributed by atoms with E-state index in [9.17, 15) is 4.79 Å². The molecule has 0 unspecified atom stereocenters. The van der Waals surface area contributed by atoms with Gasteiger partial charge in [0.15, 0.2) is 15.8 Å². The minimum Gasteiger partial charge on any atom is -0.493 e. The maximum atomic E-state index is 13.1. The molecule has 1 heterocycles. The summed E-state index contributed by atoms with van der Waals surface area (Å²) in [6, 6.07) is 9.58. The number of methoxy groups -OCH3 is 3. The van der Waals surface area contributed by atoms with Crippen LogP contribution in [0.3, 0.4) is 0 Å². The Morgan fingerprint density at radius 3 is 2.21 bits per heavy atom. The van der Waals surface area contributed by atoms with Crippen molar-refractivity contribution in [3.8, 4) is 17.2 Å². The summed E-state index contributed by atoms with van der Waals surface area (Å²) in [5, 5.41) is 0. The van der Waals surface area contributed by atoms with Gasteiger partial charge in [-0.1, -0.05) is 36.1 Å². The van der Waals surface area contributed by atoms with Gasteiger partial charge in [0.05, 0.1) is 31.9 Å². The molecule has 5 nitrogen and oxygen atoms in total. The summed E-state index contributed by atoms with van der Waals surface area (Å²) in [6.45, 7) is 3.96. The fourth-order valence-corrected chi connectivity index (χ4v) is 4.26. The standard InChI is InChI=1S/C21H21NO4S2/c1-12-6-7-13(2)15(8-12)22-20(23)18(28-21(22)27)11-14-9-16(24-3)19(26-5)17(10-14)25-4/h6-11H,1-5H3. The Hall–Kier alpha value is -2.51. The van der Waals surface area contributed by atoms with Crippen LogP contribution in [-0.4, -0.2) is 31.6 Å². The molecule has 1 aliphatic rings. The second-order valence-electron chi connectivity index (χ2n) is 6.27. The maximum Gasteiger partial charge on any atom is 0.270 e. The lowest BCUT2D eigenvalue weighted by atomic mass is 10.1. The third-order valence-electron chi connectivity index (χ3n) is 4.38. The number of rotatable bonds is 5. The minimum atomic E-state index is -0.141. The number of ether oxygens (including phenoxy) is 3. The summed E-state index contributed by atoms with van der Waals surface area (Å²) >= 11 is 6.77. The third kappa shape index (κ3) is 3.72. The van der Waals surface area contributed by atoms with Gasteiger partial charge >= 0.3 is 0 Å². The zero-order chi connectivity index (χ0) is 20.4. The number of amides is 1. The van der Waals surface area contributed by atoms with Gasteiger partial charge in [0.1, 0.15) is 0 Å². The van der Waals surface area contributed by atoms with E-state index < -0.39 is 0 Å². The van der Waals surface area contributed by atoms with E-state index in [1.165, 1.54) is 11.8 Å².